The number of rotatable bonds is 0. The molecule has 3 heteroatoms. The standard InChI is InChI=1S/C10H17N3/c1-10(2,3)7-4-8-9(11-5-7)13-6-12-8/h6-7,11H,4-5H2,1-3H3,(H,12,13). The van der Waals surface area contributed by atoms with Crippen molar-refractivity contribution in [3.63, 3.8) is 0 Å². The lowest BCUT2D eigenvalue weighted by Crippen LogP contribution is -2.33. The fourth-order valence-corrected chi connectivity index (χ4v) is 1.78. The topological polar surface area (TPSA) is 40.7 Å². The minimum Gasteiger partial charge on any atom is -0.368 e. The van der Waals surface area contributed by atoms with Gasteiger partial charge in [-0.2, -0.15) is 0 Å². The van der Waals surface area contributed by atoms with Gasteiger partial charge in [0.25, 0.3) is 0 Å². The monoisotopic (exact) mass is 179 g/mol. The van der Waals surface area contributed by atoms with E-state index in [2.05, 4.69) is 36.1 Å². The molecule has 3 nitrogen and oxygen atoms in total. The summed E-state index contributed by atoms with van der Waals surface area (Å²) in [7, 11) is 0. The van der Waals surface area contributed by atoms with Crippen molar-refractivity contribution >= 4 is 5.82 Å². The quantitative estimate of drug-likeness (QED) is 0.640. The Morgan fingerprint density at radius 3 is 2.92 bits per heavy atom. The van der Waals surface area contributed by atoms with Crippen LogP contribution in [0.5, 0.6) is 0 Å². The number of aromatic nitrogens is 2. The van der Waals surface area contributed by atoms with Gasteiger partial charge in [0.1, 0.15) is 5.82 Å². The van der Waals surface area contributed by atoms with Crippen LogP contribution in [-0.4, -0.2) is 16.5 Å². The smallest absolute Gasteiger partial charge is 0.147 e. The Kier molecular flexibility index (Phi) is 1.82. The normalized spacial score (nSPS) is 22.2. The van der Waals surface area contributed by atoms with E-state index in [0.29, 0.717) is 11.3 Å². The van der Waals surface area contributed by atoms with E-state index in [1.165, 1.54) is 5.69 Å². The highest BCUT2D eigenvalue weighted by molar-refractivity contribution is 5.42. The average molecular weight is 179 g/mol. The van der Waals surface area contributed by atoms with E-state index in [0.717, 1.165) is 18.8 Å². The van der Waals surface area contributed by atoms with E-state index < -0.39 is 0 Å². The number of hydrogen-bond acceptors (Lipinski definition) is 2. The van der Waals surface area contributed by atoms with Gasteiger partial charge in [-0.05, 0) is 17.8 Å². The third kappa shape index (κ3) is 1.55. The van der Waals surface area contributed by atoms with Gasteiger partial charge in [0, 0.05) is 6.54 Å². The molecule has 1 aliphatic rings. The molecule has 1 atom stereocenters. The second-order valence-electron chi connectivity index (χ2n) is 4.88. The number of hydrogen-bond donors (Lipinski definition) is 2. The zero-order chi connectivity index (χ0) is 9.47. The lowest BCUT2D eigenvalue weighted by molar-refractivity contribution is 0.245. The molecule has 13 heavy (non-hydrogen) atoms. The van der Waals surface area contributed by atoms with Gasteiger partial charge in [-0.3, -0.25) is 0 Å². The summed E-state index contributed by atoms with van der Waals surface area (Å²) in [6.45, 7) is 7.92. The summed E-state index contributed by atoms with van der Waals surface area (Å²) >= 11 is 0. The Bertz CT molecular complexity index is 295. The number of aromatic amines is 1. The molecule has 0 aromatic carbocycles. The first-order valence-corrected chi connectivity index (χ1v) is 4.83. The van der Waals surface area contributed by atoms with Gasteiger partial charge in [-0.15, -0.1) is 0 Å². The molecule has 0 bridgehead atoms. The molecule has 1 aromatic rings. The van der Waals surface area contributed by atoms with Crippen molar-refractivity contribution in [1.82, 2.24) is 9.97 Å². The van der Waals surface area contributed by atoms with E-state index in [1.54, 1.807) is 6.33 Å². The van der Waals surface area contributed by atoms with Crippen molar-refractivity contribution in [2.24, 2.45) is 11.3 Å². The molecular formula is C10H17N3. The molecule has 72 valence electrons. The zero-order valence-corrected chi connectivity index (χ0v) is 8.52. The van der Waals surface area contributed by atoms with E-state index in [9.17, 15) is 0 Å². The molecule has 0 aliphatic carbocycles. The van der Waals surface area contributed by atoms with Crippen molar-refractivity contribution in [3.8, 4) is 0 Å². The number of imidazole rings is 1. The van der Waals surface area contributed by atoms with Gasteiger partial charge < -0.3 is 10.3 Å². The number of fused-ring (bicyclic) bond motifs is 1. The molecule has 2 rings (SSSR count). The van der Waals surface area contributed by atoms with Crippen molar-refractivity contribution in [2.75, 3.05) is 11.9 Å². The maximum absolute atomic E-state index is 4.21. The number of nitrogens with one attached hydrogen (secondary N) is 2. The van der Waals surface area contributed by atoms with Crippen LogP contribution in [0.25, 0.3) is 0 Å². The van der Waals surface area contributed by atoms with E-state index in [4.69, 9.17) is 0 Å². The van der Waals surface area contributed by atoms with E-state index >= 15 is 0 Å². The first-order chi connectivity index (χ1) is 6.07. The molecule has 1 aliphatic heterocycles. The summed E-state index contributed by atoms with van der Waals surface area (Å²) in [5.41, 5.74) is 1.63. The highest BCUT2D eigenvalue weighted by Crippen LogP contribution is 2.33. The Balaban J connectivity index is 2.18. The fraction of sp³-hybridized carbons (Fsp3) is 0.700. The van der Waals surface area contributed by atoms with Crippen LogP contribution in [0.4, 0.5) is 5.82 Å². The van der Waals surface area contributed by atoms with E-state index in [1.807, 2.05) is 0 Å². The number of anilines is 1. The Morgan fingerprint density at radius 1 is 1.46 bits per heavy atom. The lowest BCUT2D eigenvalue weighted by Gasteiger charge is -2.33. The third-order valence-electron chi connectivity index (χ3n) is 2.91. The van der Waals surface area contributed by atoms with Crippen molar-refractivity contribution in [2.45, 2.75) is 27.2 Å². The van der Waals surface area contributed by atoms with Crippen LogP contribution in [0.2, 0.25) is 0 Å². The summed E-state index contributed by atoms with van der Waals surface area (Å²) in [6, 6.07) is 0. The maximum Gasteiger partial charge on any atom is 0.147 e. The molecule has 1 unspecified atom stereocenters. The highest BCUT2D eigenvalue weighted by atomic mass is 15.1. The molecule has 0 saturated heterocycles. The minimum absolute atomic E-state index is 0.371. The van der Waals surface area contributed by atoms with Crippen molar-refractivity contribution in [1.29, 1.82) is 0 Å². The molecule has 0 saturated carbocycles. The summed E-state index contributed by atoms with van der Waals surface area (Å²) in [5, 5.41) is 3.36. The second kappa shape index (κ2) is 2.76. The Labute approximate surface area is 79.0 Å². The van der Waals surface area contributed by atoms with Gasteiger partial charge >= 0.3 is 0 Å². The largest absolute Gasteiger partial charge is 0.368 e. The summed E-state index contributed by atoms with van der Waals surface area (Å²) in [6.07, 6.45) is 2.88. The molecule has 2 N–H and O–H groups in total. The van der Waals surface area contributed by atoms with Crippen LogP contribution in [0.15, 0.2) is 6.33 Å². The van der Waals surface area contributed by atoms with Crippen LogP contribution >= 0.6 is 0 Å². The first-order valence-electron chi connectivity index (χ1n) is 4.83. The number of nitrogens with zero attached hydrogens (tertiary/aromatic N) is 1. The molecule has 0 amide bonds. The lowest BCUT2D eigenvalue weighted by atomic mass is 9.77. The highest BCUT2D eigenvalue weighted by Gasteiger charge is 2.29. The average Bonchev–Trinajstić information content (AvgIpc) is 2.47. The minimum atomic E-state index is 0.371. The maximum atomic E-state index is 4.21. The number of H-pyrrole nitrogens is 1. The SMILES string of the molecule is CC(C)(C)C1CNc2nc[nH]c2C1. The summed E-state index contributed by atoms with van der Waals surface area (Å²) < 4.78 is 0. The molecule has 1 aromatic heterocycles. The predicted octanol–water partition coefficient (Wildman–Crippen LogP) is 2.04. The third-order valence-corrected chi connectivity index (χ3v) is 2.91. The van der Waals surface area contributed by atoms with E-state index in [-0.39, 0.29) is 0 Å². The van der Waals surface area contributed by atoms with Gasteiger partial charge in [0.15, 0.2) is 0 Å². The Morgan fingerprint density at radius 2 is 2.23 bits per heavy atom. The van der Waals surface area contributed by atoms with Gasteiger partial charge in [0.2, 0.25) is 0 Å². The van der Waals surface area contributed by atoms with Crippen LogP contribution in [0.1, 0.15) is 26.5 Å². The molecular weight excluding hydrogens is 162 g/mol. The molecule has 0 fully saturated rings. The zero-order valence-electron chi connectivity index (χ0n) is 8.52. The molecule has 2 heterocycles. The molecule has 0 radical (unpaired) electrons. The van der Waals surface area contributed by atoms with Crippen LogP contribution in [-0.2, 0) is 6.42 Å². The summed E-state index contributed by atoms with van der Waals surface area (Å²) in [4.78, 5) is 7.39. The molecule has 0 spiro atoms. The van der Waals surface area contributed by atoms with Crippen LogP contribution < -0.4 is 5.32 Å². The van der Waals surface area contributed by atoms with Crippen LogP contribution in [0.3, 0.4) is 0 Å². The van der Waals surface area contributed by atoms with Gasteiger partial charge in [-0.25, -0.2) is 4.98 Å². The van der Waals surface area contributed by atoms with Crippen molar-refractivity contribution in [3.05, 3.63) is 12.0 Å². The Hall–Kier alpha value is -0.990. The second-order valence-corrected chi connectivity index (χ2v) is 4.88. The van der Waals surface area contributed by atoms with Gasteiger partial charge in [0.05, 0.1) is 12.0 Å². The van der Waals surface area contributed by atoms with Crippen LogP contribution in [0, 0.1) is 11.3 Å². The summed E-state index contributed by atoms with van der Waals surface area (Å²) in [5.74, 6) is 1.74. The fourth-order valence-electron chi connectivity index (χ4n) is 1.78. The van der Waals surface area contributed by atoms with Gasteiger partial charge in [-0.1, -0.05) is 20.8 Å². The first kappa shape index (κ1) is 8.60. The predicted molar refractivity (Wildman–Crippen MR) is 53.7 cm³/mol. The van der Waals surface area contributed by atoms with Crippen molar-refractivity contribution < 1.29 is 0 Å².